The van der Waals surface area contributed by atoms with Gasteiger partial charge in [0.05, 0.1) is 53.9 Å². The molecule has 1 aliphatic carbocycles. The molecule has 3 saturated heterocycles. The molecule has 0 spiro atoms. The van der Waals surface area contributed by atoms with E-state index in [0.717, 1.165) is 35.5 Å². The molecule has 4 aliphatic rings. The number of hydrogen-bond acceptors (Lipinski definition) is 9. The van der Waals surface area contributed by atoms with Crippen molar-refractivity contribution in [2.75, 3.05) is 60.5 Å². The van der Waals surface area contributed by atoms with Crippen molar-refractivity contribution in [1.82, 2.24) is 0 Å². The summed E-state index contributed by atoms with van der Waals surface area (Å²) < 4.78 is 52.3. The van der Waals surface area contributed by atoms with Crippen LogP contribution in [0.5, 0.6) is 23.0 Å². The van der Waals surface area contributed by atoms with Gasteiger partial charge in [-0.15, -0.1) is 0 Å². The number of methoxy groups -OCH3 is 2. The number of benzene rings is 2. The normalized spacial score (nSPS) is 23.2. The molecule has 6 rings (SSSR count). The van der Waals surface area contributed by atoms with Gasteiger partial charge in [-0.1, -0.05) is 0 Å². The highest BCUT2D eigenvalue weighted by Gasteiger charge is 2.29. The zero-order chi connectivity index (χ0) is 25.9. The molecule has 9 heteroatoms. The average Bonchev–Trinajstić information content (AvgIpc) is 3.77. The van der Waals surface area contributed by atoms with Gasteiger partial charge in [-0.25, -0.2) is 0 Å². The van der Waals surface area contributed by atoms with Crippen LogP contribution in [0.25, 0.3) is 11.1 Å². The Morgan fingerprint density at radius 1 is 0.632 bits per heavy atom. The second-order valence-electron chi connectivity index (χ2n) is 10.3. The van der Waals surface area contributed by atoms with E-state index < -0.39 is 0 Å². The van der Waals surface area contributed by atoms with Crippen LogP contribution in [-0.2, 0) is 36.9 Å². The first-order chi connectivity index (χ1) is 18.7. The van der Waals surface area contributed by atoms with Gasteiger partial charge in [0.1, 0.15) is 31.5 Å². The van der Waals surface area contributed by atoms with Crippen molar-refractivity contribution < 1.29 is 42.6 Å². The van der Waals surface area contributed by atoms with Gasteiger partial charge in [0.25, 0.3) is 0 Å². The number of hydrogen-bond donors (Lipinski definition) is 0. The van der Waals surface area contributed by atoms with E-state index in [1.165, 1.54) is 12.8 Å². The summed E-state index contributed by atoms with van der Waals surface area (Å²) in [7, 11) is 3.30. The average molecular weight is 529 g/mol. The first-order valence-electron chi connectivity index (χ1n) is 13.4. The molecule has 0 aromatic heterocycles. The second-order valence-corrected chi connectivity index (χ2v) is 10.3. The van der Waals surface area contributed by atoms with Crippen molar-refractivity contribution in [1.29, 1.82) is 0 Å². The second kappa shape index (κ2) is 11.7. The van der Waals surface area contributed by atoms with Crippen molar-refractivity contribution in [2.45, 2.75) is 44.4 Å². The lowest BCUT2D eigenvalue weighted by Gasteiger charge is -2.21. The van der Waals surface area contributed by atoms with Crippen molar-refractivity contribution >= 4 is 0 Å². The van der Waals surface area contributed by atoms with E-state index >= 15 is 0 Å². The van der Waals surface area contributed by atoms with Crippen LogP contribution >= 0.6 is 0 Å². The summed E-state index contributed by atoms with van der Waals surface area (Å²) in [6, 6.07) is 8.11. The zero-order valence-corrected chi connectivity index (χ0v) is 22.1. The van der Waals surface area contributed by atoms with Crippen LogP contribution in [-0.4, -0.2) is 78.8 Å². The Bertz CT molecular complexity index is 1020. The maximum absolute atomic E-state index is 6.31. The molecule has 1 saturated carbocycles. The largest absolute Gasteiger partial charge is 0.493 e. The summed E-state index contributed by atoms with van der Waals surface area (Å²) in [5, 5.41) is 0. The molecule has 0 N–H and O–H groups in total. The molecule has 3 heterocycles. The first-order valence-corrected chi connectivity index (χ1v) is 13.4. The molecular formula is C29H36O9. The fourth-order valence-corrected chi connectivity index (χ4v) is 4.27. The minimum atomic E-state index is 0.0912. The van der Waals surface area contributed by atoms with E-state index in [9.17, 15) is 0 Å². The smallest absolute Gasteiger partial charge is 0.169 e. The van der Waals surface area contributed by atoms with Crippen LogP contribution in [0.4, 0.5) is 0 Å². The fourth-order valence-electron chi connectivity index (χ4n) is 4.27. The lowest BCUT2D eigenvalue weighted by atomic mass is 9.97. The van der Waals surface area contributed by atoms with Gasteiger partial charge in [-0.3, -0.25) is 0 Å². The molecule has 206 valence electrons. The third-order valence-corrected chi connectivity index (χ3v) is 6.89. The Labute approximate surface area is 223 Å². The van der Waals surface area contributed by atoms with Crippen LogP contribution in [0, 0.1) is 5.92 Å². The molecule has 0 bridgehead atoms. The van der Waals surface area contributed by atoms with Gasteiger partial charge in [0.2, 0.25) is 0 Å². The molecule has 0 amide bonds. The molecule has 2 aromatic carbocycles. The number of rotatable bonds is 17. The summed E-state index contributed by atoms with van der Waals surface area (Å²) in [5.41, 5.74) is 3.63. The van der Waals surface area contributed by atoms with Gasteiger partial charge < -0.3 is 42.6 Å². The van der Waals surface area contributed by atoms with Gasteiger partial charge >= 0.3 is 0 Å². The lowest BCUT2D eigenvalue weighted by Crippen LogP contribution is -2.10. The molecule has 3 atom stereocenters. The molecule has 9 nitrogen and oxygen atoms in total. The first kappa shape index (κ1) is 25.7. The Morgan fingerprint density at radius 2 is 1.08 bits per heavy atom. The topological polar surface area (TPSA) is 93.0 Å². The number of ether oxygens (including phenoxy) is 9. The monoisotopic (exact) mass is 528 g/mol. The molecule has 38 heavy (non-hydrogen) atoms. The highest BCUT2D eigenvalue weighted by molar-refractivity contribution is 5.82. The predicted molar refractivity (Wildman–Crippen MR) is 137 cm³/mol. The van der Waals surface area contributed by atoms with Crippen molar-refractivity contribution in [3.8, 4) is 34.1 Å². The standard InChI is InChI=1S/C29H36O9/c1-30-26-7-19(10-32-9-18-3-4-18)5-24(28(26)37-16-22-14-35-22)25-6-20(11-33-12-21-13-34-21)8-27(31-2)29(25)38-17-23-15-36-23/h5-8,18,21-23H,3-4,9-17H2,1-2H3. The summed E-state index contributed by atoms with van der Waals surface area (Å²) in [6.45, 7) is 5.27. The Hall–Kier alpha value is -2.56. The van der Waals surface area contributed by atoms with Gasteiger partial charge in [0, 0.05) is 17.7 Å². The van der Waals surface area contributed by atoms with Crippen molar-refractivity contribution in [3.63, 3.8) is 0 Å². The molecular weight excluding hydrogens is 492 g/mol. The lowest BCUT2D eigenvalue weighted by molar-refractivity contribution is 0.104. The number of epoxide rings is 3. The van der Waals surface area contributed by atoms with Crippen LogP contribution < -0.4 is 18.9 Å². The van der Waals surface area contributed by atoms with Gasteiger partial charge in [-0.05, 0) is 54.2 Å². The Morgan fingerprint density at radius 3 is 1.50 bits per heavy atom. The van der Waals surface area contributed by atoms with Crippen LogP contribution in [0.3, 0.4) is 0 Å². The maximum Gasteiger partial charge on any atom is 0.169 e. The quantitative estimate of drug-likeness (QED) is 0.285. The molecule has 3 unspecified atom stereocenters. The van der Waals surface area contributed by atoms with E-state index in [1.807, 2.05) is 12.1 Å². The van der Waals surface area contributed by atoms with E-state index in [4.69, 9.17) is 42.6 Å². The minimum Gasteiger partial charge on any atom is -0.493 e. The van der Waals surface area contributed by atoms with Crippen LogP contribution in [0.1, 0.15) is 24.0 Å². The molecule has 2 aromatic rings. The van der Waals surface area contributed by atoms with E-state index in [-0.39, 0.29) is 18.3 Å². The van der Waals surface area contributed by atoms with Crippen molar-refractivity contribution in [3.05, 3.63) is 35.4 Å². The highest BCUT2D eigenvalue weighted by atomic mass is 16.6. The third-order valence-electron chi connectivity index (χ3n) is 6.89. The summed E-state index contributed by atoms with van der Waals surface area (Å²) >= 11 is 0. The zero-order valence-electron chi connectivity index (χ0n) is 22.1. The maximum atomic E-state index is 6.31. The van der Waals surface area contributed by atoms with Gasteiger partial charge in [-0.2, -0.15) is 0 Å². The minimum absolute atomic E-state index is 0.0912. The van der Waals surface area contributed by atoms with E-state index in [1.54, 1.807) is 14.2 Å². The third kappa shape index (κ3) is 6.90. The summed E-state index contributed by atoms with van der Waals surface area (Å²) in [5.74, 6) is 3.20. The Kier molecular flexibility index (Phi) is 7.90. The fraction of sp³-hybridized carbons (Fsp3) is 0.586. The molecule has 0 radical (unpaired) electrons. The van der Waals surface area contributed by atoms with Crippen LogP contribution in [0.15, 0.2) is 24.3 Å². The van der Waals surface area contributed by atoms with Gasteiger partial charge in [0.15, 0.2) is 23.0 Å². The van der Waals surface area contributed by atoms with E-state index in [2.05, 4.69) is 12.1 Å². The predicted octanol–water partition coefficient (Wildman–Crippen LogP) is 3.77. The Balaban J connectivity index is 1.37. The SMILES string of the molecule is COc1cc(COCC2CC2)cc(-c2cc(COCC3CO3)cc(OC)c2OCC2CO2)c1OCC1CO1. The molecule has 3 aliphatic heterocycles. The summed E-state index contributed by atoms with van der Waals surface area (Å²) in [4.78, 5) is 0. The highest BCUT2D eigenvalue weighted by Crippen LogP contribution is 2.47. The van der Waals surface area contributed by atoms with Crippen molar-refractivity contribution in [2.24, 2.45) is 5.92 Å². The van der Waals surface area contributed by atoms with E-state index in [0.29, 0.717) is 75.2 Å². The molecule has 4 fully saturated rings. The van der Waals surface area contributed by atoms with Crippen LogP contribution in [0.2, 0.25) is 0 Å². The summed E-state index contributed by atoms with van der Waals surface area (Å²) in [6.07, 6.45) is 2.87.